The molecule has 8 heteroatoms. The fraction of sp³-hybridized carbons (Fsp3) is 0.273. The molecule has 0 radical (unpaired) electrons. The number of hydrogen-bond acceptors (Lipinski definition) is 5. The average molecular weight is 281 g/mol. The summed E-state index contributed by atoms with van der Waals surface area (Å²) in [7, 11) is -2.11. The number of nitrogens with zero attached hydrogens (tertiary/aromatic N) is 3. The zero-order valence-electron chi connectivity index (χ0n) is 10.7. The lowest BCUT2D eigenvalue weighted by atomic mass is 10.2. The molecule has 2 rings (SSSR count). The van der Waals surface area contributed by atoms with Crippen molar-refractivity contribution in [1.29, 1.82) is 0 Å². The second kappa shape index (κ2) is 4.98. The standard InChI is InChI=1S/C11H15N5O2S/c1-8-3-4-9(5-13-8)6-15-19(17,18)11-10(12)14-7-16(11)2/h3-5,7,15H,6,12H2,1-2H3. The molecule has 0 atom stereocenters. The maximum Gasteiger partial charge on any atom is 0.260 e. The van der Waals surface area contributed by atoms with Crippen LogP contribution in [0.4, 0.5) is 5.82 Å². The first kappa shape index (κ1) is 13.5. The van der Waals surface area contributed by atoms with E-state index in [4.69, 9.17) is 5.73 Å². The molecule has 19 heavy (non-hydrogen) atoms. The molecular formula is C11H15N5O2S. The molecule has 2 aromatic rings. The highest BCUT2D eigenvalue weighted by Gasteiger charge is 2.21. The van der Waals surface area contributed by atoms with Crippen molar-refractivity contribution in [3.8, 4) is 0 Å². The minimum atomic E-state index is -3.69. The van der Waals surface area contributed by atoms with E-state index in [-0.39, 0.29) is 17.4 Å². The highest BCUT2D eigenvalue weighted by molar-refractivity contribution is 7.89. The van der Waals surface area contributed by atoms with Crippen LogP contribution in [0.25, 0.3) is 0 Å². The first-order valence-electron chi connectivity index (χ1n) is 5.58. The lowest BCUT2D eigenvalue weighted by molar-refractivity contribution is 0.571. The van der Waals surface area contributed by atoms with Crippen molar-refractivity contribution < 1.29 is 8.42 Å². The smallest absolute Gasteiger partial charge is 0.260 e. The third kappa shape index (κ3) is 2.91. The van der Waals surface area contributed by atoms with Gasteiger partial charge in [-0.05, 0) is 18.6 Å². The molecule has 0 saturated carbocycles. The maximum absolute atomic E-state index is 12.1. The van der Waals surface area contributed by atoms with Crippen LogP contribution in [0.3, 0.4) is 0 Å². The normalized spacial score (nSPS) is 11.7. The Bertz CT molecular complexity index is 656. The molecule has 0 saturated heterocycles. The Hall–Kier alpha value is -1.93. The van der Waals surface area contributed by atoms with Crippen molar-refractivity contribution in [3.63, 3.8) is 0 Å². The first-order chi connectivity index (χ1) is 8.90. The molecule has 102 valence electrons. The van der Waals surface area contributed by atoms with Crippen molar-refractivity contribution in [2.24, 2.45) is 7.05 Å². The number of hydrogen-bond donors (Lipinski definition) is 2. The van der Waals surface area contributed by atoms with Gasteiger partial charge in [-0.1, -0.05) is 6.07 Å². The minimum Gasteiger partial charge on any atom is -0.381 e. The van der Waals surface area contributed by atoms with E-state index < -0.39 is 10.0 Å². The summed E-state index contributed by atoms with van der Waals surface area (Å²) in [5.74, 6) is -0.0166. The van der Waals surface area contributed by atoms with Crippen LogP contribution in [0.1, 0.15) is 11.3 Å². The Kier molecular flexibility index (Phi) is 3.54. The molecule has 0 unspecified atom stereocenters. The van der Waals surface area contributed by atoms with Gasteiger partial charge in [-0.2, -0.15) is 0 Å². The van der Waals surface area contributed by atoms with E-state index in [0.29, 0.717) is 0 Å². The van der Waals surface area contributed by atoms with E-state index in [2.05, 4.69) is 14.7 Å². The van der Waals surface area contributed by atoms with Gasteiger partial charge in [0.25, 0.3) is 10.0 Å². The Morgan fingerprint density at radius 1 is 1.37 bits per heavy atom. The molecule has 2 aromatic heterocycles. The fourth-order valence-corrected chi connectivity index (χ4v) is 2.86. The van der Waals surface area contributed by atoms with Gasteiger partial charge in [0.1, 0.15) is 0 Å². The lowest BCUT2D eigenvalue weighted by Gasteiger charge is -2.07. The SMILES string of the molecule is Cc1ccc(CNS(=O)(=O)c2c(N)ncn2C)cn1. The van der Waals surface area contributed by atoms with Gasteiger partial charge in [0.05, 0.1) is 6.33 Å². The number of aryl methyl sites for hydroxylation is 2. The first-order valence-corrected chi connectivity index (χ1v) is 7.06. The summed E-state index contributed by atoms with van der Waals surface area (Å²) < 4.78 is 28.0. The van der Waals surface area contributed by atoms with Gasteiger partial charge >= 0.3 is 0 Å². The van der Waals surface area contributed by atoms with Gasteiger partial charge in [-0.25, -0.2) is 18.1 Å². The monoisotopic (exact) mass is 281 g/mol. The van der Waals surface area contributed by atoms with E-state index in [0.717, 1.165) is 11.3 Å². The largest absolute Gasteiger partial charge is 0.381 e. The van der Waals surface area contributed by atoms with Gasteiger partial charge < -0.3 is 10.3 Å². The molecular weight excluding hydrogens is 266 g/mol. The predicted molar refractivity (Wildman–Crippen MR) is 70.6 cm³/mol. The highest BCUT2D eigenvalue weighted by Crippen LogP contribution is 2.15. The summed E-state index contributed by atoms with van der Waals surface area (Å²) in [6.07, 6.45) is 2.99. The number of rotatable bonds is 4. The molecule has 0 bridgehead atoms. The second-order valence-corrected chi connectivity index (χ2v) is 5.86. The third-order valence-electron chi connectivity index (χ3n) is 2.60. The van der Waals surface area contributed by atoms with Crippen LogP contribution < -0.4 is 10.5 Å². The summed E-state index contributed by atoms with van der Waals surface area (Å²) in [6, 6.07) is 3.64. The van der Waals surface area contributed by atoms with E-state index in [9.17, 15) is 8.42 Å². The topological polar surface area (TPSA) is 103 Å². The molecule has 0 aliphatic rings. The van der Waals surface area contributed by atoms with Crippen molar-refractivity contribution in [2.75, 3.05) is 5.73 Å². The number of anilines is 1. The average Bonchev–Trinajstić information content (AvgIpc) is 2.69. The summed E-state index contributed by atoms with van der Waals surface area (Å²) >= 11 is 0. The minimum absolute atomic E-state index is 0.0166. The second-order valence-electron chi connectivity index (χ2n) is 4.18. The van der Waals surface area contributed by atoms with E-state index in [1.165, 1.54) is 10.9 Å². The van der Waals surface area contributed by atoms with Crippen LogP contribution in [-0.2, 0) is 23.6 Å². The van der Waals surface area contributed by atoms with Crippen molar-refractivity contribution in [1.82, 2.24) is 19.3 Å². The van der Waals surface area contributed by atoms with Gasteiger partial charge in [0.2, 0.25) is 0 Å². The maximum atomic E-state index is 12.1. The van der Waals surface area contributed by atoms with E-state index in [1.807, 2.05) is 19.1 Å². The number of nitrogens with one attached hydrogen (secondary N) is 1. The molecule has 0 spiro atoms. The van der Waals surface area contributed by atoms with Crippen LogP contribution in [0.2, 0.25) is 0 Å². The van der Waals surface area contributed by atoms with Crippen LogP contribution in [0.15, 0.2) is 29.7 Å². The number of imidazole rings is 1. The predicted octanol–water partition coefficient (Wildman–Crippen LogP) is 0.184. The Balaban J connectivity index is 2.17. The molecule has 0 aliphatic carbocycles. The van der Waals surface area contributed by atoms with Crippen molar-refractivity contribution in [2.45, 2.75) is 18.5 Å². The zero-order valence-corrected chi connectivity index (χ0v) is 11.5. The fourth-order valence-electron chi connectivity index (χ4n) is 1.61. The summed E-state index contributed by atoms with van der Waals surface area (Å²) in [5, 5.41) is -0.0347. The van der Waals surface area contributed by atoms with E-state index in [1.54, 1.807) is 13.2 Å². The van der Waals surface area contributed by atoms with E-state index >= 15 is 0 Å². The molecule has 0 amide bonds. The number of nitrogens with two attached hydrogens (primary N) is 1. The molecule has 0 aromatic carbocycles. The van der Waals surface area contributed by atoms with Crippen LogP contribution in [0.5, 0.6) is 0 Å². The van der Waals surface area contributed by atoms with Crippen molar-refractivity contribution in [3.05, 3.63) is 35.9 Å². The number of aromatic nitrogens is 3. The number of nitrogen functional groups attached to an aromatic ring is 1. The Morgan fingerprint density at radius 2 is 2.11 bits per heavy atom. The zero-order chi connectivity index (χ0) is 14.0. The van der Waals surface area contributed by atoms with Crippen molar-refractivity contribution >= 4 is 15.8 Å². The van der Waals surface area contributed by atoms with Crippen LogP contribution in [-0.4, -0.2) is 23.0 Å². The molecule has 0 fully saturated rings. The van der Waals surface area contributed by atoms with Gasteiger partial charge in [-0.15, -0.1) is 0 Å². The molecule has 3 N–H and O–H groups in total. The number of pyridine rings is 1. The lowest BCUT2D eigenvalue weighted by Crippen LogP contribution is -2.26. The number of sulfonamides is 1. The van der Waals surface area contributed by atoms with Gasteiger partial charge in [-0.3, -0.25) is 4.98 Å². The Labute approximate surface area is 111 Å². The van der Waals surface area contributed by atoms with Gasteiger partial charge in [0.15, 0.2) is 10.8 Å². The molecule has 2 heterocycles. The quantitative estimate of drug-likeness (QED) is 0.832. The molecule has 0 aliphatic heterocycles. The Morgan fingerprint density at radius 3 is 2.63 bits per heavy atom. The van der Waals surface area contributed by atoms with Crippen LogP contribution in [0, 0.1) is 6.92 Å². The highest BCUT2D eigenvalue weighted by atomic mass is 32.2. The molecule has 7 nitrogen and oxygen atoms in total. The summed E-state index contributed by atoms with van der Waals surface area (Å²) in [5.41, 5.74) is 7.20. The summed E-state index contributed by atoms with van der Waals surface area (Å²) in [6.45, 7) is 2.02. The third-order valence-corrected chi connectivity index (χ3v) is 4.13. The van der Waals surface area contributed by atoms with Gasteiger partial charge in [0, 0.05) is 25.5 Å². The summed E-state index contributed by atoms with van der Waals surface area (Å²) in [4.78, 5) is 7.86. The van der Waals surface area contributed by atoms with Crippen LogP contribution >= 0.6 is 0 Å².